The molecule has 0 aliphatic rings. The van der Waals surface area contributed by atoms with Crippen molar-refractivity contribution in [2.24, 2.45) is 0 Å². The van der Waals surface area contributed by atoms with Gasteiger partial charge in [-0.15, -0.1) is 0 Å². The Hall–Kier alpha value is -4.15. The summed E-state index contributed by atoms with van der Waals surface area (Å²) in [6.07, 6.45) is 6.47. The van der Waals surface area contributed by atoms with E-state index in [4.69, 9.17) is 23.7 Å². The predicted octanol–water partition coefficient (Wildman–Crippen LogP) is 0.637. The third-order valence-electron chi connectivity index (χ3n) is 6.59. The second-order valence-corrected chi connectivity index (χ2v) is 10.5. The van der Waals surface area contributed by atoms with Crippen LogP contribution in [0.4, 0.5) is 0 Å². The van der Waals surface area contributed by atoms with Crippen molar-refractivity contribution < 1.29 is 47.7 Å². The average Bonchev–Trinajstić information content (AvgIpc) is 3.13. The highest BCUT2D eigenvalue weighted by molar-refractivity contribution is 5.88. The average molecular weight is 708 g/mol. The molecule has 15 nitrogen and oxygen atoms in total. The normalized spacial score (nSPS) is 12.3. The van der Waals surface area contributed by atoms with Crippen LogP contribution in [0.5, 0.6) is 0 Å². The molecule has 0 fully saturated rings. The molecular formula is C35H57N5O10. The Bertz CT molecular complexity index is 989. The largest absolute Gasteiger partial charge is 0.379 e. The minimum Gasteiger partial charge on any atom is -0.379 e. The first kappa shape index (κ1) is 45.9. The molecule has 15 heteroatoms. The molecule has 0 aromatic carbocycles. The summed E-state index contributed by atoms with van der Waals surface area (Å²) in [6.45, 7) is 20.7. The highest BCUT2D eigenvalue weighted by atomic mass is 16.6. The summed E-state index contributed by atoms with van der Waals surface area (Å²) < 4.78 is 30.9. The zero-order valence-electron chi connectivity index (χ0n) is 29.3. The summed E-state index contributed by atoms with van der Waals surface area (Å²) in [7, 11) is 0. The number of carbonyl (C=O) groups excluding carboxylic acids is 5. The molecule has 50 heavy (non-hydrogen) atoms. The molecule has 0 aliphatic heterocycles. The van der Waals surface area contributed by atoms with Crippen LogP contribution in [0.1, 0.15) is 32.1 Å². The van der Waals surface area contributed by atoms with E-state index in [9.17, 15) is 24.0 Å². The molecule has 0 saturated carbocycles. The minimum absolute atomic E-state index is 0.106. The Morgan fingerprint density at radius 1 is 0.420 bits per heavy atom. The van der Waals surface area contributed by atoms with Crippen molar-refractivity contribution in [2.75, 3.05) is 79.0 Å². The van der Waals surface area contributed by atoms with Crippen molar-refractivity contribution in [2.45, 2.75) is 50.4 Å². The zero-order chi connectivity index (χ0) is 37.2. The van der Waals surface area contributed by atoms with Crippen LogP contribution < -0.4 is 26.6 Å². The lowest BCUT2D eigenvalue weighted by atomic mass is 10.1. The van der Waals surface area contributed by atoms with Crippen molar-refractivity contribution in [3.63, 3.8) is 0 Å². The van der Waals surface area contributed by atoms with Gasteiger partial charge in [-0.2, -0.15) is 0 Å². The molecular weight excluding hydrogens is 650 g/mol. The van der Waals surface area contributed by atoms with Gasteiger partial charge in [-0.3, -0.25) is 24.0 Å². The second kappa shape index (κ2) is 32.1. The van der Waals surface area contributed by atoms with Crippen molar-refractivity contribution in [3.05, 3.63) is 63.3 Å². The van der Waals surface area contributed by atoms with Crippen LogP contribution in [0.25, 0.3) is 0 Å². The molecule has 0 saturated heterocycles. The smallest absolute Gasteiger partial charge is 0.243 e. The van der Waals surface area contributed by atoms with Gasteiger partial charge in [0.2, 0.25) is 29.5 Å². The van der Waals surface area contributed by atoms with Crippen LogP contribution >= 0.6 is 0 Å². The molecule has 0 radical (unpaired) electrons. The van der Waals surface area contributed by atoms with Gasteiger partial charge in [0.05, 0.1) is 13.2 Å². The van der Waals surface area contributed by atoms with Gasteiger partial charge in [0.1, 0.15) is 18.3 Å². The minimum atomic E-state index is -0.712. The van der Waals surface area contributed by atoms with Gasteiger partial charge in [0.15, 0.2) is 0 Å². The Labute approximate surface area is 296 Å². The van der Waals surface area contributed by atoms with Gasteiger partial charge in [-0.1, -0.05) is 32.9 Å². The molecule has 0 aromatic rings. The van der Waals surface area contributed by atoms with Gasteiger partial charge < -0.3 is 50.3 Å². The molecule has 0 aliphatic carbocycles. The molecule has 282 valence electrons. The number of nitrogens with one attached hydrogen (secondary N) is 5. The van der Waals surface area contributed by atoms with Crippen LogP contribution in [-0.2, 0) is 47.7 Å². The molecule has 0 bridgehead atoms. The standard InChI is InChI=1S/C35H57N5O10/c1-6-30(41)36-16-11-21-46-26-28(48-23-13-18-38-32(43)8-3)35(50-25-15-20-40-34(45)10-5)29(49-24-14-19-39-33(44)9-4)27-47-22-12-17-37-31(42)7-2/h6-10,28-29,35H,1-5,11-27H2,(H,36,41)(H,37,42)(H,38,43)(H,39,44)(H,40,45). The first-order chi connectivity index (χ1) is 24.2. The fraction of sp³-hybridized carbons (Fsp3) is 0.571. The number of rotatable bonds is 34. The van der Waals surface area contributed by atoms with Crippen molar-refractivity contribution >= 4 is 29.5 Å². The lowest BCUT2D eigenvalue weighted by Crippen LogP contribution is -2.48. The monoisotopic (exact) mass is 707 g/mol. The van der Waals surface area contributed by atoms with E-state index >= 15 is 0 Å². The molecule has 0 aromatic heterocycles. The SMILES string of the molecule is C=CC(=O)NCCCOCC(OCCCNC(=O)C=C)C(OCCCNC(=O)C=C)C(COCCCNC(=O)C=C)OCCCNC(=O)C=C. The van der Waals surface area contributed by atoms with Gasteiger partial charge in [0.25, 0.3) is 0 Å². The Kier molecular flexibility index (Phi) is 29.4. The highest BCUT2D eigenvalue weighted by Gasteiger charge is 2.33. The fourth-order valence-electron chi connectivity index (χ4n) is 4.00. The third kappa shape index (κ3) is 25.8. The fourth-order valence-corrected chi connectivity index (χ4v) is 4.00. The number of ether oxygens (including phenoxy) is 5. The van der Waals surface area contributed by atoms with Gasteiger partial charge >= 0.3 is 0 Å². The maximum atomic E-state index is 11.6. The van der Waals surface area contributed by atoms with E-state index in [-0.39, 0.29) is 62.6 Å². The summed E-state index contributed by atoms with van der Waals surface area (Å²) >= 11 is 0. The van der Waals surface area contributed by atoms with Crippen LogP contribution in [0, 0.1) is 0 Å². The lowest BCUT2D eigenvalue weighted by molar-refractivity contribution is -0.170. The first-order valence-electron chi connectivity index (χ1n) is 16.7. The molecule has 0 heterocycles. The quantitative estimate of drug-likeness (QED) is 0.0469. The van der Waals surface area contributed by atoms with Crippen molar-refractivity contribution in [1.82, 2.24) is 26.6 Å². The Morgan fingerprint density at radius 2 is 0.680 bits per heavy atom. The van der Waals surface area contributed by atoms with Crippen molar-refractivity contribution in [3.8, 4) is 0 Å². The summed E-state index contributed by atoms with van der Waals surface area (Å²) in [6, 6.07) is 0. The van der Waals surface area contributed by atoms with E-state index in [0.717, 1.165) is 0 Å². The predicted molar refractivity (Wildman–Crippen MR) is 190 cm³/mol. The van der Waals surface area contributed by atoms with E-state index in [1.807, 2.05) is 0 Å². The van der Waals surface area contributed by atoms with E-state index in [1.54, 1.807) is 0 Å². The lowest BCUT2D eigenvalue weighted by Gasteiger charge is -2.34. The van der Waals surface area contributed by atoms with Gasteiger partial charge in [0, 0.05) is 65.8 Å². The number of amides is 5. The van der Waals surface area contributed by atoms with Crippen molar-refractivity contribution in [1.29, 1.82) is 0 Å². The summed E-state index contributed by atoms with van der Waals surface area (Å²) in [5, 5.41) is 13.5. The molecule has 5 N–H and O–H groups in total. The van der Waals surface area contributed by atoms with E-state index in [1.165, 1.54) is 30.4 Å². The van der Waals surface area contributed by atoms with E-state index in [2.05, 4.69) is 59.5 Å². The van der Waals surface area contributed by atoms with Crippen LogP contribution in [0.15, 0.2) is 63.3 Å². The second-order valence-electron chi connectivity index (χ2n) is 10.5. The summed E-state index contributed by atoms with van der Waals surface area (Å²) in [4.78, 5) is 57.8. The maximum absolute atomic E-state index is 11.6. The summed E-state index contributed by atoms with van der Waals surface area (Å²) in [5.41, 5.74) is 0. The third-order valence-corrected chi connectivity index (χ3v) is 6.59. The maximum Gasteiger partial charge on any atom is 0.243 e. The van der Waals surface area contributed by atoms with E-state index in [0.29, 0.717) is 78.0 Å². The van der Waals surface area contributed by atoms with E-state index < -0.39 is 18.3 Å². The summed E-state index contributed by atoms with van der Waals surface area (Å²) in [5.74, 6) is -1.44. The molecule has 0 spiro atoms. The zero-order valence-corrected chi connectivity index (χ0v) is 29.3. The number of carbonyl (C=O) groups is 5. The number of hydrogen-bond donors (Lipinski definition) is 5. The molecule has 5 amide bonds. The Balaban J connectivity index is 5.88. The van der Waals surface area contributed by atoms with Crippen LogP contribution in [-0.4, -0.2) is 127 Å². The molecule has 2 unspecified atom stereocenters. The topological polar surface area (TPSA) is 192 Å². The number of hydrogen-bond acceptors (Lipinski definition) is 10. The molecule has 2 atom stereocenters. The Morgan fingerprint density at radius 3 is 0.960 bits per heavy atom. The van der Waals surface area contributed by atoms with Gasteiger partial charge in [-0.05, 0) is 62.5 Å². The van der Waals surface area contributed by atoms with Crippen LogP contribution in [0.3, 0.4) is 0 Å². The highest BCUT2D eigenvalue weighted by Crippen LogP contribution is 2.16. The van der Waals surface area contributed by atoms with Gasteiger partial charge in [-0.25, -0.2) is 0 Å². The molecule has 0 rings (SSSR count). The van der Waals surface area contributed by atoms with Crippen LogP contribution in [0.2, 0.25) is 0 Å². The first-order valence-corrected chi connectivity index (χ1v) is 16.7.